The summed E-state index contributed by atoms with van der Waals surface area (Å²) in [6, 6.07) is 0.0954. The minimum atomic E-state index is -1.39. The van der Waals surface area contributed by atoms with Crippen LogP contribution in [0.25, 0.3) is 11.2 Å². The monoisotopic (exact) mass is 585 g/mol. The highest BCUT2D eigenvalue weighted by Gasteiger charge is 2.48. The molecular weight excluding hydrogens is 546 g/mol. The van der Waals surface area contributed by atoms with E-state index in [9.17, 15) is 24.6 Å². The number of piperidine rings is 1. The van der Waals surface area contributed by atoms with Gasteiger partial charge in [-0.05, 0) is 50.9 Å². The number of carbonyl (C=O) groups excluding carboxylic acids is 3. The van der Waals surface area contributed by atoms with Gasteiger partial charge in [0.25, 0.3) is 5.91 Å². The number of nitrogens with two attached hydrogens (primary N) is 1. The zero-order valence-electron chi connectivity index (χ0n) is 23.6. The first-order chi connectivity index (χ1) is 20.3. The molecule has 2 aromatic rings. The Morgan fingerprint density at radius 1 is 1.10 bits per heavy atom. The van der Waals surface area contributed by atoms with Crippen LogP contribution in [-0.2, 0) is 25.5 Å². The maximum Gasteiger partial charge on any atom is 0.409 e. The normalized spacial score (nSPS) is 28.5. The van der Waals surface area contributed by atoms with Crippen molar-refractivity contribution in [3.63, 3.8) is 0 Å². The van der Waals surface area contributed by atoms with Gasteiger partial charge in [0.05, 0.1) is 12.9 Å². The number of imidazole rings is 1. The fraction of sp³-hybridized carbons (Fsp3) is 0.714. The number of Topliss-reactive ketones (excluding diaryl/α,β-unsaturated/α-hetero) is 1. The summed E-state index contributed by atoms with van der Waals surface area (Å²) in [5.41, 5.74) is 6.91. The highest BCUT2D eigenvalue weighted by molar-refractivity contribution is 5.83. The van der Waals surface area contributed by atoms with Gasteiger partial charge < -0.3 is 35.6 Å². The lowest BCUT2D eigenvalue weighted by Crippen LogP contribution is -2.43. The van der Waals surface area contributed by atoms with Crippen LogP contribution >= 0.6 is 0 Å². The van der Waals surface area contributed by atoms with Gasteiger partial charge in [0.2, 0.25) is 0 Å². The van der Waals surface area contributed by atoms with Crippen molar-refractivity contribution in [2.75, 3.05) is 25.4 Å². The standard InChI is InChI=1S/C28H39N7O7/c29-24-20-25(35(14-30-20)27-22(38)21(37)23(42-27)26(39)31-17-5-6-17)33-19(32-24)3-1-2-15-8-10-34(11-9-15)28(40)41-13-16-4-7-18(36)12-16/h14-17,21-23,27,37-38H,1-13H2,(H,31,39)(H2,29,32,33)/t16?,21?,22-,23-,27+/m0/s1. The second kappa shape index (κ2) is 12.1. The largest absolute Gasteiger partial charge is 0.449 e. The van der Waals surface area contributed by atoms with Gasteiger partial charge in [-0.3, -0.25) is 14.2 Å². The van der Waals surface area contributed by atoms with Crippen molar-refractivity contribution in [2.24, 2.45) is 11.8 Å². The topological polar surface area (TPSA) is 195 Å². The number of anilines is 1. The van der Waals surface area contributed by atoms with Gasteiger partial charge in [-0.1, -0.05) is 0 Å². The molecular formula is C28H39N7O7. The molecule has 4 heterocycles. The predicted octanol–water partition coefficient (Wildman–Crippen LogP) is 0.847. The van der Waals surface area contributed by atoms with Crippen molar-refractivity contribution >= 4 is 34.8 Å². The number of aromatic nitrogens is 4. The molecule has 5 N–H and O–H groups in total. The molecule has 2 amide bonds. The molecule has 228 valence electrons. The number of likely N-dealkylation sites (tertiary alicyclic amines) is 1. The SMILES string of the molecule is Nc1nc(CCCC2CCN(C(=O)OCC3CCC(=O)C3)CC2)nc2c1ncn2[C@@H]1O[C@H](C(=O)NC2CC2)C(O)[C@@H]1O. The number of rotatable bonds is 9. The number of amides is 2. The number of ketones is 1. The third kappa shape index (κ3) is 6.20. The number of carbonyl (C=O) groups is 3. The zero-order valence-corrected chi connectivity index (χ0v) is 23.6. The zero-order chi connectivity index (χ0) is 29.4. The first-order valence-electron chi connectivity index (χ1n) is 15.0. The van der Waals surface area contributed by atoms with Crippen LogP contribution in [0.1, 0.15) is 69.8 Å². The fourth-order valence-electron chi connectivity index (χ4n) is 6.17. The Morgan fingerprint density at radius 3 is 2.60 bits per heavy atom. The van der Waals surface area contributed by atoms with Crippen LogP contribution in [0.15, 0.2) is 6.33 Å². The van der Waals surface area contributed by atoms with E-state index >= 15 is 0 Å². The summed E-state index contributed by atoms with van der Waals surface area (Å²) in [6.45, 7) is 1.62. The second-order valence-corrected chi connectivity index (χ2v) is 12.1. The molecule has 4 fully saturated rings. The van der Waals surface area contributed by atoms with E-state index in [1.807, 2.05) is 0 Å². The summed E-state index contributed by atoms with van der Waals surface area (Å²) < 4.78 is 12.8. The van der Waals surface area contributed by atoms with Gasteiger partial charge in [-0.15, -0.1) is 0 Å². The van der Waals surface area contributed by atoms with Crippen molar-refractivity contribution in [3.05, 3.63) is 12.2 Å². The van der Waals surface area contributed by atoms with E-state index in [1.165, 1.54) is 10.9 Å². The number of aliphatic hydroxyl groups excluding tert-OH is 2. The smallest absolute Gasteiger partial charge is 0.409 e. The number of hydrogen-bond acceptors (Lipinski definition) is 11. The number of ether oxygens (including phenoxy) is 2. The van der Waals surface area contributed by atoms with Gasteiger partial charge in [0.15, 0.2) is 23.8 Å². The minimum Gasteiger partial charge on any atom is -0.449 e. The van der Waals surface area contributed by atoms with E-state index in [4.69, 9.17) is 15.2 Å². The summed E-state index contributed by atoms with van der Waals surface area (Å²) in [6.07, 6.45) is 3.95. The number of aliphatic hydroxyl groups is 2. The van der Waals surface area contributed by atoms with Crippen molar-refractivity contribution in [1.29, 1.82) is 0 Å². The van der Waals surface area contributed by atoms with E-state index in [2.05, 4.69) is 20.3 Å². The second-order valence-electron chi connectivity index (χ2n) is 12.1. The van der Waals surface area contributed by atoms with E-state index in [0.29, 0.717) is 61.9 Å². The van der Waals surface area contributed by atoms with Gasteiger partial charge >= 0.3 is 6.09 Å². The number of nitrogen functional groups attached to an aromatic ring is 1. The third-order valence-electron chi connectivity index (χ3n) is 8.87. The molecule has 14 nitrogen and oxygen atoms in total. The van der Waals surface area contributed by atoms with Crippen LogP contribution in [0.3, 0.4) is 0 Å². The Kier molecular flexibility index (Phi) is 8.28. The van der Waals surface area contributed by atoms with Crippen molar-refractivity contribution in [3.8, 4) is 0 Å². The molecule has 2 saturated heterocycles. The van der Waals surface area contributed by atoms with Gasteiger partial charge in [-0.2, -0.15) is 0 Å². The Bertz CT molecular complexity index is 1320. The van der Waals surface area contributed by atoms with Crippen molar-refractivity contribution < 1.29 is 34.1 Å². The average molecular weight is 586 g/mol. The molecule has 6 rings (SSSR count). The number of nitrogens with one attached hydrogen (secondary N) is 1. The van der Waals surface area contributed by atoms with Crippen LogP contribution in [0.5, 0.6) is 0 Å². The molecule has 0 bridgehead atoms. The van der Waals surface area contributed by atoms with Crippen LogP contribution in [0.4, 0.5) is 10.6 Å². The molecule has 0 spiro atoms. The van der Waals surface area contributed by atoms with Crippen molar-refractivity contribution in [2.45, 2.75) is 94.8 Å². The number of fused-ring (bicyclic) bond motifs is 1. The predicted molar refractivity (Wildman–Crippen MR) is 148 cm³/mol. The lowest BCUT2D eigenvalue weighted by atomic mass is 9.91. The fourth-order valence-corrected chi connectivity index (χ4v) is 6.17. The third-order valence-corrected chi connectivity index (χ3v) is 8.87. The number of hydrogen-bond donors (Lipinski definition) is 4. The molecule has 2 saturated carbocycles. The Labute approximate surface area is 243 Å². The molecule has 5 atom stereocenters. The first-order valence-corrected chi connectivity index (χ1v) is 15.0. The first kappa shape index (κ1) is 28.7. The number of aryl methyl sites for hydroxylation is 1. The summed E-state index contributed by atoms with van der Waals surface area (Å²) in [4.78, 5) is 51.5. The molecule has 2 unspecified atom stereocenters. The molecule has 0 radical (unpaired) electrons. The summed E-state index contributed by atoms with van der Waals surface area (Å²) in [5, 5.41) is 24.0. The molecule has 2 aromatic heterocycles. The Morgan fingerprint density at radius 2 is 1.88 bits per heavy atom. The van der Waals surface area contributed by atoms with E-state index in [1.54, 1.807) is 4.90 Å². The Balaban J connectivity index is 1.00. The lowest BCUT2D eigenvalue weighted by Gasteiger charge is -2.31. The van der Waals surface area contributed by atoms with E-state index in [0.717, 1.165) is 44.9 Å². The molecule has 14 heteroatoms. The number of nitrogens with zero attached hydrogens (tertiary/aromatic N) is 5. The van der Waals surface area contributed by atoms with Gasteiger partial charge in [0, 0.05) is 44.3 Å². The quantitative estimate of drug-likeness (QED) is 0.326. The minimum absolute atomic E-state index is 0.0954. The summed E-state index contributed by atoms with van der Waals surface area (Å²) in [7, 11) is 0. The maximum absolute atomic E-state index is 12.5. The lowest BCUT2D eigenvalue weighted by molar-refractivity contribution is -0.137. The maximum atomic E-state index is 12.5. The molecule has 2 aliphatic heterocycles. The molecule has 0 aromatic carbocycles. The molecule has 42 heavy (non-hydrogen) atoms. The van der Waals surface area contributed by atoms with Crippen molar-refractivity contribution in [1.82, 2.24) is 29.7 Å². The highest BCUT2D eigenvalue weighted by atomic mass is 16.6. The van der Waals surface area contributed by atoms with E-state index < -0.39 is 30.4 Å². The summed E-state index contributed by atoms with van der Waals surface area (Å²) in [5.74, 6) is 1.17. The van der Waals surface area contributed by atoms with E-state index in [-0.39, 0.29) is 29.7 Å². The average Bonchev–Trinajstić information content (AvgIpc) is 3.39. The summed E-state index contributed by atoms with van der Waals surface area (Å²) >= 11 is 0. The highest BCUT2D eigenvalue weighted by Crippen LogP contribution is 2.33. The Hall–Kier alpha value is -3.36. The molecule has 4 aliphatic rings. The van der Waals surface area contributed by atoms with Crippen LogP contribution in [0, 0.1) is 11.8 Å². The van der Waals surface area contributed by atoms with Crippen LogP contribution < -0.4 is 11.1 Å². The van der Waals surface area contributed by atoms with Gasteiger partial charge in [-0.25, -0.2) is 19.7 Å². The molecule has 2 aliphatic carbocycles. The van der Waals surface area contributed by atoms with Crippen LogP contribution in [0.2, 0.25) is 0 Å². The van der Waals surface area contributed by atoms with Crippen LogP contribution in [-0.4, -0.2) is 96.5 Å². The van der Waals surface area contributed by atoms with Gasteiger partial charge in [0.1, 0.15) is 29.3 Å².